The van der Waals surface area contributed by atoms with Crippen LogP contribution >= 0.6 is 24.0 Å². The smallest absolute Gasteiger partial charge is 0.225 e. The van der Waals surface area contributed by atoms with E-state index in [-0.39, 0.29) is 35.4 Å². The van der Waals surface area contributed by atoms with Crippen molar-refractivity contribution < 1.29 is 13.9 Å². The van der Waals surface area contributed by atoms with Crippen LogP contribution in [0.1, 0.15) is 18.6 Å². The predicted molar refractivity (Wildman–Crippen MR) is 89.5 cm³/mol. The van der Waals surface area contributed by atoms with Gasteiger partial charge in [-0.15, -0.1) is 12.4 Å². The number of amides is 1. The Morgan fingerprint density at radius 2 is 2.22 bits per heavy atom. The molecule has 0 radical (unpaired) electrons. The van der Waals surface area contributed by atoms with Crippen LogP contribution in [-0.2, 0) is 9.53 Å². The minimum Gasteiger partial charge on any atom is -0.370 e. The van der Waals surface area contributed by atoms with Crippen LogP contribution in [0, 0.1) is 17.7 Å². The van der Waals surface area contributed by atoms with E-state index in [0.29, 0.717) is 25.6 Å². The first-order valence-electron chi connectivity index (χ1n) is 7.62. The van der Waals surface area contributed by atoms with E-state index in [2.05, 4.69) is 5.32 Å². The third kappa shape index (κ3) is 3.97. The van der Waals surface area contributed by atoms with Crippen molar-refractivity contribution in [3.63, 3.8) is 0 Å². The van der Waals surface area contributed by atoms with E-state index < -0.39 is 5.82 Å². The van der Waals surface area contributed by atoms with Gasteiger partial charge in [0.2, 0.25) is 5.91 Å². The Kier molecular flexibility index (Phi) is 6.26. The van der Waals surface area contributed by atoms with E-state index >= 15 is 0 Å². The van der Waals surface area contributed by atoms with Crippen molar-refractivity contribution in [1.29, 1.82) is 0 Å². The van der Waals surface area contributed by atoms with Crippen molar-refractivity contribution in [2.45, 2.75) is 13.0 Å². The van der Waals surface area contributed by atoms with Crippen molar-refractivity contribution in [3.05, 3.63) is 34.6 Å². The van der Waals surface area contributed by atoms with Crippen LogP contribution in [0.5, 0.6) is 0 Å². The van der Waals surface area contributed by atoms with Gasteiger partial charge >= 0.3 is 0 Å². The summed E-state index contributed by atoms with van der Waals surface area (Å²) < 4.78 is 19.0. The monoisotopic (exact) mass is 362 g/mol. The lowest BCUT2D eigenvalue weighted by molar-refractivity contribution is -0.145. The fourth-order valence-electron chi connectivity index (χ4n) is 2.92. The van der Waals surface area contributed by atoms with Crippen molar-refractivity contribution >= 4 is 29.9 Å². The fourth-order valence-corrected chi connectivity index (χ4v) is 3.11. The van der Waals surface area contributed by atoms with E-state index in [4.69, 9.17) is 16.3 Å². The molecule has 2 aliphatic rings. The molecule has 0 aromatic heterocycles. The molecule has 2 saturated heterocycles. The topological polar surface area (TPSA) is 41.6 Å². The standard InChI is InChI=1S/C16H20ClFN2O2.ClH/c1-10(12-7-19-8-12)16(21)20-4-5-22-15(9-20)11-2-3-14(18)13(17)6-11;/h2-3,6,10,12,15,19H,4-5,7-9H2,1H3;1H. The lowest BCUT2D eigenvalue weighted by Gasteiger charge is -2.38. The van der Waals surface area contributed by atoms with Gasteiger partial charge in [-0.05, 0) is 36.7 Å². The fraction of sp³-hybridized carbons (Fsp3) is 0.562. The van der Waals surface area contributed by atoms with Gasteiger partial charge in [-0.1, -0.05) is 24.6 Å². The van der Waals surface area contributed by atoms with Crippen LogP contribution in [0.25, 0.3) is 0 Å². The van der Waals surface area contributed by atoms with E-state index in [1.54, 1.807) is 12.1 Å². The van der Waals surface area contributed by atoms with Gasteiger partial charge in [0, 0.05) is 12.5 Å². The molecule has 128 valence electrons. The summed E-state index contributed by atoms with van der Waals surface area (Å²) in [5.41, 5.74) is 0.807. The molecule has 7 heteroatoms. The van der Waals surface area contributed by atoms with Crippen LogP contribution in [0.15, 0.2) is 18.2 Å². The summed E-state index contributed by atoms with van der Waals surface area (Å²) in [7, 11) is 0. The van der Waals surface area contributed by atoms with E-state index in [1.165, 1.54) is 6.07 Å². The van der Waals surface area contributed by atoms with Crippen LogP contribution in [0.4, 0.5) is 4.39 Å². The van der Waals surface area contributed by atoms with Gasteiger partial charge in [0.1, 0.15) is 11.9 Å². The molecule has 0 bridgehead atoms. The Hall–Kier alpha value is -0.880. The summed E-state index contributed by atoms with van der Waals surface area (Å²) in [4.78, 5) is 14.4. The second kappa shape index (κ2) is 7.79. The first-order valence-corrected chi connectivity index (χ1v) is 8.00. The largest absolute Gasteiger partial charge is 0.370 e. The molecule has 0 spiro atoms. The molecule has 1 aromatic rings. The third-order valence-corrected chi connectivity index (χ3v) is 4.89. The van der Waals surface area contributed by atoms with Crippen LogP contribution in [-0.4, -0.2) is 43.6 Å². The van der Waals surface area contributed by atoms with Gasteiger partial charge in [-0.3, -0.25) is 4.79 Å². The lowest BCUT2D eigenvalue weighted by atomic mass is 9.87. The highest BCUT2D eigenvalue weighted by molar-refractivity contribution is 6.30. The van der Waals surface area contributed by atoms with Crippen molar-refractivity contribution in [2.24, 2.45) is 11.8 Å². The molecule has 2 atom stereocenters. The quantitative estimate of drug-likeness (QED) is 0.898. The average molecular weight is 363 g/mol. The van der Waals surface area contributed by atoms with E-state index in [9.17, 15) is 9.18 Å². The van der Waals surface area contributed by atoms with Gasteiger partial charge < -0.3 is 15.0 Å². The van der Waals surface area contributed by atoms with Crippen LogP contribution < -0.4 is 5.32 Å². The Balaban J connectivity index is 0.00000192. The normalized spacial score (nSPS) is 22.9. The predicted octanol–water partition coefficient (Wildman–Crippen LogP) is 2.66. The number of rotatable bonds is 3. The zero-order chi connectivity index (χ0) is 15.7. The lowest BCUT2D eigenvalue weighted by Crippen LogP contribution is -2.52. The summed E-state index contributed by atoms with van der Waals surface area (Å²) in [5.74, 6) is 0.180. The third-order valence-electron chi connectivity index (χ3n) is 4.60. The first-order chi connectivity index (χ1) is 10.6. The number of benzene rings is 1. The molecule has 2 aliphatic heterocycles. The van der Waals surface area contributed by atoms with Gasteiger partial charge in [0.15, 0.2) is 0 Å². The maximum Gasteiger partial charge on any atom is 0.225 e. The number of carbonyl (C=O) groups excluding carboxylic acids is 1. The highest BCUT2D eigenvalue weighted by Gasteiger charge is 2.34. The van der Waals surface area contributed by atoms with Crippen molar-refractivity contribution in [1.82, 2.24) is 10.2 Å². The summed E-state index contributed by atoms with van der Waals surface area (Å²) in [6.45, 7) is 5.40. The second-order valence-corrected chi connectivity index (χ2v) is 6.43. The molecule has 3 rings (SSSR count). The van der Waals surface area contributed by atoms with Crippen molar-refractivity contribution in [2.75, 3.05) is 32.8 Å². The summed E-state index contributed by atoms with van der Waals surface area (Å²) in [6.07, 6.45) is -0.248. The molecule has 2 heterocycles. The van der Waals surface area contributed by atoms with Gasteiger partial charge in [0.25, 0.3) is 0 Å². The van der Waals surface area contributed by atoms with Gasteiger partial charge in [-0.25, -0.2) is 4.39 Å². The molecular formula is C16H21Cl2FN2O2. The Morgan fingerprint density at radius 3 is 2.83 bits per heavy atom. The Bertz CT molecular complexity index is 569. The minimum absolute atomic E-state index is 0. The first kappa shape index (κ1) is 18.5. The Labute approximate surface area is 146 Å². The number of hydrogen-bond donors (Lipinski definition) is 1. The molecule has 23 heavy (non-hydrogen) atoms. The van der Waals surface area contributed by atoms with Crippen LogP contribution in [0.2, 0.25) is 5.02 Å². The van der Waals surface area contributed by atoms with Gasteiger partial charge in [-0.2, -0.15) is 0 Å². The van der Waals surface area contributed by atoms with Crippen LogP contribution in [0.3, 0.4) is 0 Å². The number of ether oxygens (including phenoxy) is 1. The van der Waals surface area contributed by atoms with E-state index in [0.717, 1.165) is 18.7 Å². The molecule has 2 fully saturated rings. The zero-order valence-electron chi connectivity index (χ0n) is 12.9. The molecule has 1 aromatic carbocycles. The summed E-state index contributed by atoms with van der Waals surface area (Å²) >= 11 is 5.83. The summed E-state index contributed by atoms with van der Waals surface area (Å²) in [6, 6.07) is 4.58. The number of hydrogen-bond acceptors (Lipinski definition) is 3. The molecule has 1 N–H and O–H groups in total. The highest BCUT2D eigenvalue weighted by Crippen LogP contribution is 2.28. The number of nitrogens with one attached hydrogen (secondary N) is 1. The molecule has 4 nitrogen and oxygen atoms in total. The maximum absolute atomic E-state index is 13.3. The highest BCUT2D eigenvalue weighted by atomic mass is 35.5. The molecule has 0 aliphatic carbocycles. The van der Waals surface area contributed by atoms with E-state index in [1.807, 2.05) is 11.8 Å². The van der Waals surface area contributed by atoms with Crippen molar-refractivity contribution in [3.8, 4) is 0 Å². The zero-order valence-corrected chi connectivity index (χ0v) is 14.5. The SMILES string of the molecule is CC(C(=O)N1CCOC(c2ccc(F)c(Cl)c2)C1)C1CNC1.Cl. The van der Waals surface area contributed by atoms with Gasteiger partial charge in [0.05, 0.1) is 18.2 Å². The number of morpholine rings is 1. The summed E-state index contributed by atoms with van der Waals surface area (Å²) in [5, 5.41) is 3.28. The second-order valence-electron chi connectivity index (χ2n) is 6.02. The number of carbonyl (C=O) groups is 1. The molecule has 0 saturated carbocycles. The molecule has 1 amide bonds. The Morgan fingerprint density at radius 1 is 1.48 bits per heavy atom. The number of nitrogens with zero attached hydrogens (tertiary/aromatic N) is 1. The molecular weight excluding hydrogens is 342 g/mol. The molecule has 2 unspecified atom stereocenters. The minimum atomic E-state index is -0.444. The maximum atomic E-state index is 13.3. The number of halogens is 3. The average Bonchev–Trinajstić information content (AvgIpc) is 2.47.